The third-order valence-corrected chi connectivity index (χ3v) is 3.40. The van der Waals surface area contributed by atoms with Crippen molar-refractivity contribution in [2.24, 2.45) is 5.92 Å². The van der Waals surface area contributed by atoms with E-state index in [0.29, 0.717) is 19.0 Å². The Bertz CT molecular complexity index is 484. The Balaban J connectivity index is 2.00. The molecule has 0 bridgehead atoms. The molecule has 0 spiro atoms. The number of carbonyl (C=O) groups is 1. The molecular weight excluding hydrogens is 259 g/mol. The van der Waals surface area contributed by atoms with Gasteiger partial charge in [-0.25, -0.2) is 9.37 Å². The van der Waals surface area contributed by atoms with Gasteiger partial charge in [-0.1, -0.05) is 13.8 Å². The average Bonchev–Trinajstić information content (AvgIpc) is 2.41. The van der Waals surface area contributed by atoms with E-state index in [9.17, 15) is 9.18 Å². The first-order valence-electron chi connectivity index (χ1n) is 6.90. The van der Waals surface area contributed by atoms with Gasteiger partial charge in [-0.2, -0.15) is 0 Å². The molecule has 0 unspecified atom stereocenters. The van der Waals surface area contributed by atoms with Crippen molar-refractivity contribution in [1.82, 2.24) is 14.8 Å². The molecule has 0 saturated carbocycles. The lowest BCUT2D eigenvalue weighted by Gasteiger charge is -2.35. The predicted molar refractivity (Wildman–Crippen MR) is 75.8 cm³/mol. The molecule has 2 rings (SSSR count). The Labute approximate surface area is 118 Å². The van der Waals surface area contributed by atoms with Crippen molar-refractivity contribution in [2.45, 2.75) is 13.8 Å². The second-order valence-corrected chi connectivity index (χ2v) is 5.57. The highest BCUT2D eigenvalue weighted by Crippen LogP contribution is 2.15. The van der Waals surface area contributed by atoms with Gasteiger partial charge in [-0.05, 0) is 12.0 Å². The molecule has 2 heterocycles. The maximum atomic E-state index is 13.2. The highest BCUT2D eigenvalue weighted by atomic mass is 19.1. The third kappa shape index (κ3) is 3.45. The molecule has 6 heteroatoms. The van der Waals surface area contributed by atoms with Crippen LogP contribution in [0.5, 0.6) is 0 Å². The molecule has 1 aromatic rings. The number of piperazine rings is 1. The summed E-state index contributed by atoms with van der Waals surface area (Å²) in [6.07, 6.45) is 1.02. The number of amides is 1. The van der Waals surface area contributed by atoms with Crippen molar-refractivity contribution in [3.05, 3.63) is 23.6 Å². The Morgan fingerprint density at radius 1 is 1.40 bits per heavy atom. The Morgan fingerprint density at radius 3 is 2.65 bits per heavy atom. The molecule has 0 atom stereocenters. The van der Waals surface area contributed by atoms with E-state index < -0.39 is 5.82 Å². The topological polar surface area (TPSA) is 62.5 Å². The highest BCUT2D eigenvalue weighted by molar-refractivity contribution is 5.98. The lowest BCUT2D eigenvalue weighted by molar-refractivity contribution is 0.0624. The number of nitrogen functional groups attached to an aromatic ring is 1. The first-order chi connectivity index (χ1) is 9.47. The largest absolute Gasteiger partial charge is 0.383 e. The monoisotopic (exact) mass is 280 g/mol. The summed E-state index contributed by atoms with van der Waals surface area (Å²) in [7, 11) is 0. The predicted octanol–water partition coefficient (Wildman–Crippen LogP) is 1.22. The van der Waals surface area contributed by atoms with Crippen LogP contribution in [0.2, 0.25) is 0 Å². The zero-order valence-electron chi connectivity index (χ0n) is 12.0. The van der Waals surface area contributed by atoms with Gasteiger partial charge >= 0.3 is 0 Å². The van der Waals surface area contributed by atoms with Crippen molar-refractivity contribution < 1.29 is 9.18 Å². The molecule has 1 amide bonds. The quantitative estimate of drug-likeness (QED) is 0.904. The minimum Gasteiger partial charge on any atom is -0.383 e. The summed E-state index contributed by atoms with van der Waals surface area (Å²) in [5.74, 6) is -0.0824. The zero-order chi connectivity index (χ0) is 14.7. The van der Waals surface area contributed by atoms with Crippen LogP contribution < -0.4 is 5.73 Å². The van der Waals surface area contributed by atoms with Gasteiger partial charge in [-0.15, -0.1) is 0 Å². The SMILES string of the molecule is CC(C)CN1CCN(C(=O)c2cc(F)cnc2N)CC1. The fraction of sp³-hybridized carbons (Fsp3) is 0.571. The second kappa shape index (κ2) is 6.17. The van der Waals surface area contributed by atoms with Gasteiger partial charge in [0, 0.05) is 32.7 Å². The summed E-state index contributed by atoms with van der Waals surface area (Å²) in [4.78, 5) is 20.1. The van der Waals surface area contributed by atoms with Crippen molar-refractivity contribution in [3.8, 4) is 0 Å². The normalized spacial score (nSPS) is 16.7. The number of halogens is 1. The van der Waals surface area contributed by atoms with Gasteiger partial charge in [0.25, 0.3) is 5.91 Å². The van der Waals surface area contributed by atoms with Gasteiger partial charge in [0.2, 0.25) is 0 Å². The molecule has 20 heavy (non-hydrogen) atoms. The van der Waals surface area contributed by atoms with Gasteiger partial charge in [-0.3, -0.25) is 9.69 Å². The van der Waals surface area contributed by atoms with Crippen LogP contribution in [-0.2, 0) is 0 Å². The summed E-state index contributed by atoms with van der Waals surface area (Å²) in [5.41, 5.74) is 5.81. The van der Waals surface area contributed by atoms with Crippen LogP contribution in [-0.4, -0.2) is 53.4 Å². The number of carbonyl (C=O) groups excluding carboxylic acids is 1. The molecule has 0 aliphatic carbocycles. The van der Waals surface area contributed by atoms with Crippen molar-refractivity contribution in [3.63, 3.8) is 0 Å². The first-order valence-corrected chi connectivity index (χ1v) is 6.90. The van der Waals surface area contributed by atoms with Crippen LogP contribution >= 0.6 is 0 Å². The van der Waals surface area contributed by atoms with Crippen LogP contribution in [0.15, 0.2) is 12.3 Å². The minimum atomic E-state index is -0.541. The molecule has 1 aliphatic heterocycles. The molecule has 1 aromatic heterocycles. The molecule has 0 aromatic carbocycles. The van der Waals surface area contributed by atoms with Crippen LogP contribution in [0, 0.1) is 11.7 Å². The summed E-state index contributed by atoms with van der Waals surface area (Å²) in [6.45, 7) is 8.35. The van der Waals surface area contributed by atoms with E-state index >= 15 is 0 Å². The first kappa shape index (κ1) is 14.7. The number of nitrogens with zero attached hydrogens (tertiary/aromatic N) is 3. The lowest BCUT2D eigenvalue weighted by Crippen LogP contribution is -2.49. The number of pyridine rings is 1. The minimum absolute atomic E-state index is 0.0843. The van der Waals surface area contributed by atoms with Crippen molar-refractivity contribution in [1.29, 1.82) is 0 Å². The number of rotatable bonds is 3. The summed E-state index contributed by atoms with van der Waals surface area (Å²) in [5, 5.41) is 0. The number of aromatic nitrogens is 1. The lowest BCUT2D eigenvalue weighted by atomic mass is 10.1. The highest BCUT2D eigenvalue weighted by Gasteiger charge is 2.24. The van der Waals surface area contributed by atoms with Crippen LogP contribution in [0.3, 0.4) is 0 Å². The van der Waals surface area contributed by atoms with E-state index in [1.54, 1.807) is 4.90 Å². The van der Waals surface area contributed by atoms with Gasteiger partial charge in [0.15, 0.2) is 0 Å². The smallest absolute Gasteiger partial charge is 0.257 e. The average molecular weight is 280 g/mol. The number of hydrogen-bond acceptors (Lipinski definition) is 4. The van der Waals surface area contributed by atoms with E-state index in [4.69, 9.17) is 5.73 Å². The Kier molecular flexibility index (Phi) is 4.54. The molecular formula is C14H21FN4O. The summed E-state index contributed by atoms with van der Waals surface area (Å²) < 4.78 is 13.2. The van der Waals surface area contributed by atoms with Gasteiger partial charge in [0.05, 0.1) is 11.8 Å². The number of hydrogen-bond donors (Lipinski definition) is 1. The van der Waals surface area contributed by atoms with Crippen molar-refractivity contribution >= 4 is 11.7 Å². The van der Waals surface area contributed by atoms with Crippen LogP contribution in [0.25, 0.3) is 0 Å². The van der Waals surface area contributed by atoms with Gasteiger partial charge < -0.3 is 10.6 Å². The van der Waals surface area contributed by atoms with E-state index in [2.05, 4.69) is 23.7 Å². The Morgan fingerprint density at radius 2 is 2.05 bits per heavy atom. The molecule has 0 radical (unpaired) electrons. The van der Waals surface area contributed by atoms with E-state index in [1.165, 1.54) is 0 Å². The van der Waals surface area contributed by atoms with Gasteiger partial charge in [0.1, 0.15) is 11.6 Å². The van der Waals surface area contributed by atoms with E-state index in [-0.39, 0.29) is 17.3 Å². The second-order valence-electron chi connectivity index (χ2n) is 5.57. The van der Waals surface area contributed by atoms with Crippen molar-refractivity contribution in [2.75, 3.05) is 38.5 Å². The fourth-order valence-corrected chi connectivity index (χ4v) is 2.44. The standard InChI is InChI=1S/C14H21FN4O/c1-10(2)9-18-3-5-19(6-4-18)14(20)12-7-11(15)8-17-13(12)16/h7-8,10H,3-6,9H2,1-2H3,(H2,16,17). The Hall–Kier alpha value is -1.69. The van der Waals surface area contributed by atoms with E-state index in [1.807, 2.05) is 0 Å². The zero-order valence-corrected chi connectivity index (χ0v) is 12.0. The van der Waals surface area contributed by atoms with Crippen LogP contribution in [0.4, 0.5) is 10.2 Å². The maximum Gasteiger partial charge on any atom is 0.257 e. The molecule has 110 valence electrons. The molecule has 1 aliphatic rings. The van der Waals surface area contributed by atoms with Crippen LogP contribution in [0.1, 0.15) is 24.2 Å². The fourth-order valence-electron chi connectivity index (χ4n) is 2.44. The molecule has 2 N–H and O–H groups in total. The number of nitrogens with two attached hydrogens (primary N) is 1. The molecule has 1 saturated heterocycles. The summed E-state index contributed by atoms with van der Waals surface area (Å²) >= 11 is 0. The molecule has 1 fully saturated rings. The third-order valence-electron chi connectivity index (χ3n) is 3.40. The van der Waals surface area contributed by atoms with E-state index in [0.717, 1.165) is 31.9 Å². The number of anilines is 1. The molecule has 5 nitrogen and oxygen atoms in total. The summed E-state index contributed by atoms with van der Waals surface area (Å²) in [6, 6.07) is 1.16. The maximum absolute atomic E-state index is 13.2.